The molecule has 0 aliphatic carbocycles. The summed E-state index contributed by atoms with van der Waals surface area (Å²) in [4.78, 5) is 16.2. The molecule has 1 aromatic heterocycles. The average Bonchev–Trinajstić information content (AvgIpc) is 2.55. The number of pyridine rings is 1. The number of nitrogens with one attached hydrogen (secondary N) is 2. The van der Waals surface area contributed by atoms with E-state index in [-0.39, 0.29) is 16.4 Å². The summed E-state index contributed by atoms with van der Waals surface area (Å²) in [5.74, 6) is -0.205. The number of carbonyl (C=O) groups excluding carboxylic acids is 1. The normalized spacial score (nSPS) is 11.5. The summed E-state index contributed by atoms with van der Waals surface area (Å²) in [6, 6.07) is 6.37. The summed E-state index contributed by atoms with van der Waals surface area (Å²) < 4.78 is 39.3. The van der Waals surface area contributed by atoms with Crippen LogP contribution in [0.2, 0.25) is 5.02 Å². The maximum absolute atomic E-state index is 13.1. The number of alkyl halides is 3. The number of benzene rings is 1. The van der Waals surface area contributed by atoms with Crippen molar-refractivity contribution in [3.8, 4) is 0 Å². The van der Waals surface area contributed by atoms with Crippen LogP contribution in [0, 0.1) is 5.92 Å². The predicted octanol–water partition coefficient (Wildman–Crippen LogP) is 5.46. The lowest BCUT2D eigenvalue weighted by atomic mass is 10.1. The highest BCUT2D eigenvalue weighted by molar-refractivity contribution is 6.30. The number of rotatable bonds is 6. The Morgan fingerprint density at radius 2 is 1.96 bits per heavy atom. The fourth-order valence-electron chi connectivity index (χ4n) is 2.22. The summed E-state index contributed by atoms with van der Waals surface area (Å²) in [5, 5.41) is 5.35. The highest BCUT2D eigenvalue weighted by Gasteiger charge is 2.34. The van der Waals surface area contributed by atoms with E-state index in [2.05, 4.69) is 29.5 Å². The van der Waals surface area contributed by atoms with E-state index in [0.29, 0.717) is 11.6 Å². The van der Waals surface area contributed by atoms with Gasteiger partial charge in [-0.25, -0.2) is 0 Å². The minimum atomic E-state index is -4.64. The van der Waals surface area contributed by atoms with Crippen molar-refractivity contribution in [1.82, 2.24) is 4.98 Å². The third kappa shape index (κ3) is 5.62. The van der Waals surface area contributed by atoms with Gasteiger partial charge in [0.25, 0.3) is 5.91 Å². The smallest absolute Gasteiger partial charge is 0.385 e. The Morgan fingerprint density at radius 3 is 2.62 bits per heavy atom. The summed E-state index contributed by atoms with van der Waals surface area (Å²) in [6.07, 6.45) is -2.26. The van der Waals surface area contributed by atoms with E-state index < -0.39 is 17.6 Å². The topological polar surface area (TPSA) is 54.0 Å². The van der Waals surface area contributed by atoms with Crippen molar-refractivity contribution in [2.75, 3.05) is 17.2 Å². The fourth-order valence-corrected chi connectivity index (χ4v) is 2.39. The Kier molecular flexibility index (Phi) is 6.47. The van der Waals surface area contributed by atoms with Gasteiger partial charge in [-0.05, 0) is 42.7 Å². The number of hydrogen-bond acceptors (Lipinski definition) is 3. The first-order chi connectivity index (χ1) is 12.2. The van der Waals surface area contributed by atoms with Gasteiger partial charge in [0.2, 0.25) is 0 Å². The van der Waals surface area contributed by atoms with Crippen molar-refractivity contribution in [3.05, 3.63) is 52.8 Å². The molecule has 2 aromatic rings. The zero-order valence-electron chi connectivity index (χ0n) is 14.3. The molecule has 0 spiro atoms. The first-order valence-corrected chi connectivity index (χ1v) is 8.42. The van der Waals surface area contributed by atoms with E-state index in [0.717, 1.165) is 25.1 Å². The van der Waals surface area contributed by atoms with Crippen LogP contribution < -0.4 is 10.6 Å². The zero-order valence-corrected chi connectivity index (χ0v) is 15.1. The number of hydrogen-bond donors (Lipinski definition) is 2. The van der Waals surface area contributed by atoms with Gasteiger partial charge in [-0.1, -0.05) is 25.4 Å². The molecule has 0 fully saturated rings. The molecule has 26 heavy (non-hydrogen) atoms. The molecule has 0 saturated carbocycles. The van der Waals surface area contributed by atoms with E-state index in [1.807, 2.05) is 0 Å². The summed E-state index contributed by atoms with van der Waals surface area (Å²) in [5.41, 5.74) is -0.683. The molecule has 2 rings (SSSR count). The van der Waals surface area contributed by atoms with Gasteiger partial charge in [-0.3, -0.25) is 9.78 Å². The summed E-state index contributed by atoms with van der Waals surface area (Å²) in [6.45, 7) is 4.91. The molecule has 0 unspecified atom stereocenters. The summed E-state index contributed by atoms with van der Waals surface area (Å²) in [7, 11) is 0. The van der Waals surface area contributed by atoms with Gasteiger partial charge >= 0.3 is 6.18 Å². The third-order valence-corrected chi connectivity index (χ3v) is 3.81. The average molecular weight is 386 g/mol. The molecule has 1 aromatic carbocycles. The standard InChI is InChI=1S/C18H19ClF3N3O/c1-11(2)5-7-23-13-6-8-24-16(10-13)17(26)25-15-4-3-12(19)9-14(15)18(20,21)22/h3-4,6,8-11H,5,7H2,1-2H3,(H,23,24)(H,25,26). The number of aromatic nitrogens is 1. The lowest BCUT2D eigenvalue weighted by molar-refractivity contribution is -0.136. The van der Waals surface area contributed by atoms with Crippen molar-refractivity contribution in [3.63, 3.8) is 0 Å². The van der Waals surface area contributed by atoms with Crippen LogP contribution >= 0.6 is 11.6 Å². The largest absolute Gasteiger partial charge is 0.418 e. The van der Waals surface area contributed by atoms with E-state index in [4.69, 9.17) is 11.6 Å². The molecule has 8 heteroatoms. The van der Waals surface area contributed by atoms with Crippen LogP contribution in [-0.4, -0.2) is 17.4 Å². The highest BCUT2D eigenvalue weighted by atomic mass is 35.5. The molecule has 4 nitrogen and oxygen atoms in total. The number of anilines is 2. The number of nitrogens with zero attached hydrogens (tertiary/aromatic N) is 1. The Morgan fingerprint density at radius 1 is 1.23 bits per heavy atom. The van der Waals surface area contributed by atoms with Gasteiger partial charge in [-0.2, -0.15) is 13.2 Å². The van der Waals surface area contributed by atoms with Gasteiger partial charge < -0.3 is 10.6 Å². The molecule has 0 radical (unpaired) electrons. The second kappa shape index (κ2) is 8.40. The van der Waals surface area contributed by atoms with Crippen LogP contribution in [0.3, 0.4) is 0 Å². The molecule has 1 heterocycles. The van der Waals surface area contributed by atoms with Gasteiger partial charge in [0, 0.05) is 23.5 Å². The molecule has 1 amide bonds. The van der Waals surface area contributed by atoms with Gasteiger partial charge in [-0.15, -0.1) is 0 Å². The van der Waals surface area contributed by atoms with Crippen LogP contribution in [0.4, 0.5) is 24.5 Å². The quantitative estimate of drug-likeness (QED) is 0.693. The first kappa shape index (κ1) is 20.0. The monoisotopic (exact) mass is 385 g/mol. The lowest BCUT2D eigenvalue weighted by Crippen LogP contribution is -2.18. The number of amides is 1. The third-order valence-electron chi connectivity index (χ3n) is 3.58. The molecule has 0 saturated heterocycles. The molecule has 0 aliphatic rings. The molecule has 0 atom stereocenters. The Balaban J connectivity index is 2.16. The Labute approximate surface area is 154 Å². The van der Waals surface area contributed by atoms with E-state index >= 15 is 0 Å². The molecule has 0 aliphatic heterocycles. The molecule has 0 bridgehead atoms. The minimum Gasteiger partial charge on any atom is -0.385 e. The van der Waals surface area contributed by atoms with Crippen LogP contribution in [0.15, 0.2) is 36.5 Å². The van der Waals surface area contributed by atoms with Crippen LogP contribution in [-0.2, 0) is 6.18 Å². The second-order valence-electron chi connectivity index (χ2n) is 6.18. The summed E-state index contributed by atoms with van der Waals surface area (Å²) >= 11 is 5.63. The van der Waals surface area contributed by atoms with E-state index in [1.165, 1.54) is 18.3 Å². The van der Waals surface area contributed by atoms with Crippen LogP contribution in [0.5, 0.6) is 0 Å². The number of halogens is 4. The number of carbonyl (C=O) groups is 1. The van der Waals surface area contributed by atoms with Gasteiger partial charge in [0.1, 0.15) is 5.69 Å². The lowest BCUT2D eigenvalue weighted by Gasteiger charge is -2.14. The van der Waals surface area contributed by atoms with Crippen molar-refractivity contribution >= 4 is 28.9 Å². The van der Waals surface area contributed by atoms with Crippen molar-refractivity contribution in [1.29, 1.82) is 0 Å². The van der Waals surface area contributed by atoms with E-state index in [1.54, 1.807) is 6.07 Å². The van der Waals surface area contributed by atoms with Crippen molar-refractivity contribution in [2.24, 2.45) is 5.92 Å². The maximum Gasteiger partial charge on any atom is 0.418 e. The van der Waals surface area contributed by atoms with Gasteiger partial charge in [0.15, 0.2) is 0 Å². The maximum atomic E-state index is 13.1. The highest BCUT2D eigenvalue weighted by Crippen LogP contribution is 2.36. The molecule has 2 N–H and O–H groups in total. The second-order valence-corrected chi connectivity index (χ2v) is 6.62. The van der Waals surface area contributed by atoms with Crippen molar-refractivity contribution < 1.29 is 18.0 Å². The van der Waals surface area contributed by atoms with Crippen LogP contribution in [0.1, 0.15) is 36.3 Å². The fraction of sp³-hybridized carbons (Fsp3) is 0.333. The van der Waals surface area contributed by atoms with Gasteiger partial charge in [0.05, 0.1) is 11.3 Å². The SMILES string of the molecule is CC(C)CCNc1ccnc(C(=O)Nc2ccc(Cl)cc2C(F)(F)F)c1. The molecule has 140 valence electrons. The van der Waals surface area contributed by atoms with Crippen LogP contribution in [0.25, 0.3) is 0 Å². The zero-order chi connectivity index (χ0) is 19.3. The van der Waals surface area contributed by atoms with E-state index in [9.17, 15) is 18.0 Å². The first-order valence-electron chi connectivity index (χ1n) is 8.05. The van der Waals surface area contributed by atoms with Crippen molar-refractivity contribution in [2.45, 2.75) is 26.4 Å². The predicted molar refractivity (Wildman–Crippen MR) is 96.6 cm³/mol. The molecular formula is C18H19ClF3N3O. The Hall–Kier alpha value is -2.28. The molecular weight excluding hydrogens is 367 g/mol. The minimum absolute atomic E-state index is 0.0163. The Bertz CT molecular complexity index is 779.